The Morgan fingerprint density at radius 2 is 1.89 bits per heavy atom. The van der Waals surface area contributed by atoms with Crippen molar-refractivity contribution in [3.63, 3.8) is 0 Å². The molecular weight excluding hydrogens is 372 g/mol. The predicted octanol–water partition coefficient (Wildman–Crippen LogP) is 1.81. The van der Waals surface area contributed by atoms with Crippen molar-refractivity contribution in [2.75, 3.05) is 31.5 Å². The third kappa shape index (κ3) is 5.39. The molecule has 0 aromatic heterocycles. The van der Waals surface area contributed by atoms with Crippen molar-refractivity contribution in [3.05, 3.63) is 28.3 Å². The van der Waals surface area contributed by atoms with Crippen molar-refractivity contribution in [2.24, 2.45) is 11.8 Å². The second-order valence-corrected chi connectivity index (χ2v) is 9.05. The van der Waals surface area contributed by atoms with Crippen LogP contribution in [-0.2, 0) is 14.8 Å². The Labute approximate surface area is 159 Å². The third-order valence-electron chi connectivity index (χ3n) is 4.45. The fourth-order valence-electron chi connectivity index (χ4n) is 3.36. The van der Waals surface area contributed by atoms with E-state index in [1.807, 2.05) is 13.8 Å². The molecule has 0 unspecified atom stereocenters. The third-order valence-corrected chi connectivity index (χ3v) is 6.28. The quantitative estimate of drug-likeness (QED) is 0.410. The summed E-state index contributed by atoms with van der Waals surface area (Å²) >= 11 is 0. The highest BCUT2D eigenvalue weighted by Crippen LogP contribution is 2.31. The number of hydrogen-bond acceptors (Lipinski definition) is 6. The van der Waals surface area contributed by atoms with Crippen LogP contribution >= 0.6 is 0 Å². The summed E-state index contributed by atoms with van der Waals surface area (Å²) in [5, 5.41) is 16.8. The van der Waals surface area contributed by atoms with Gasteiger partial charge >= 0.3 is 0 Å². The summed E-state index contributed by atoms with van der Waals surface area (Å²) in [5.74, 6) is 0.291. The van der Waals surface area contributed by atoms with Gasteiger partial charge in [0.2, 0.25) is 15.9 Å². The van der Waals surface area contributed by atoms with Gasteiger partial charge in [-0.1, -0.05) is 13.8 Å². The molecule has 1 aromatic carbocycles. The molecular formula is C17H26N4O5S. The zero-order valence-corrected chi connectivity index (χ0v) is 16.6. The van der Waals surface area contributed by atoms with Crippen molar-refractivity contribution in [3.8, 4) is 0 Å². The van der Waals surface area contributed by atoms with Gasteiger partial charge < -0.3 is 10.6 Å². The molecule has 150 valence electrons. The fraction of sp³-hybridized carbons (Fsp3) is 0.588. The first-order chi connectivity index (χ1) is 12.6. The number of rotatable bonds is 7. The van der Waals surface area contributed by atoms with Crippen LogP contribution < -0.4 is 10.6 Å². The van der Waals surface area contributed by atoms with Crippen molar-refractivity contribution in [1.29, 1.82) is 0 Å². The minimum atomic E-state index is -3.79. The van der Waals surface area contributed by atoms with Crippen LogP contribution in [-0.4, -0.2) is 49.7 Å². The molecule has 1 aliphatic heterocycles. The molecule has 2 N–H and O–H groups in total. The SMILES string of the molecule is CC(=O)NCCNc1ccc(S(=O)(=O)N2C[C@@H](C)C[C@H](C)C2)cc1[N+](=O)[O-]. The average molecular weight is 398 g/mol. The van der Waals surface area contributed by atoms with Crippen LogP contribution in [0.4, 0.5) is 11.4 Å². The average Bonchev–Trinajstić information content (AvgIpc) is 2.57. The summed E-state index contributed by atoms with van der Waals surface area (Å²) in [5.41, 5.74) is -0.0957. The Hall–Kier alpha value is -2.20. The van der Waals surface area contributed by atoms with Crippen molar-refractivity contribution in [2.45, 2.75) is 32.1 Å². The highest BCUT2D eigenvalue weighted by molar-refractivity contribution is 7.89. The van der Waals surface area contributed by atoms with Gasteiger partial charge in [0, 0.05) is 39.2 Å². The molecule has 1 aliphatic rings. The van der Waals surface area contributed by atoms with Gasteiger partial charge in [-0.3, -0.25) is 14.9 Å². The molecule has 0 radical (unpaired) electrons. The first-order valence-corrected chi connectivity index (χ1v) is 10.3. The Balaban J connectivity index is 2.23. The number of carbonyl (C=O) groups excluding carboxylic acids is 1. The Bertz CT molecular complexity index is 802. The van der Waals surface area contributed by atoms with Crippen LogP contribution in [0.2, 0.25) is 0 Å². The Kier molecular flexibility index (Phi) is 6.77. The van der Waals surface area contributed by atoms with Crippen LogP contribution in [0.5, 0.6) is 0 Å². The molecule has 0 bridgehead atoms. The maximum Gasteiger partial charge on any atom is 0.293 e. The number of nitro groups is 1. The number of amides is 1. The van der Waals surface area contributed by atoms with Gasteiger partial charge in [0.25, 0.3) is 5.69 Å². The lowest BCUT2D eigenvalue weighted by atomic mass is 9.94. The first kappa shape index (κ1) is 21.1. The maximum absolute atomic E-state index is 12.9. The van der Waals surface area contributed by atoms with Gasteiger partial charge in [0.05, 0.1) is 9.82 Å². The van der Waals surface area contributed by atoms with E-state index in [-0.39, 0.29) is 40.6 Å². The summed E-state index contributed by atoms with van der Waals surface area (Å²) in [6, 6.07) is 3.88. The van der Waals surface area contributed by atoms with Gasteiger partial charge in [0.1, 0.15) is 5.69 Å². The number of sulfonamides is 1. The number of carbonyl (C=O) groups is 1. The van der Waals surface area contributed by atoms with E-state index in [0.717, 1.165) is 12.5 Å². The second-order valence-electron chi connectivity index (χ2n) is 7.11. The molecule has 1 aromatic rings. The monoisotopic (exact) mass is 398 g/mol. The molecule has 9 nitrogen and oxygen atoms in total. The lowest BCUT2D eigenvalue weighted by molar-refractivity contribution is -0.384. The Morgan fingerprint density at radius 3 is 2.44 bits per heavy atom. The molecule has 1 fully saturated rings. The topological polar surface area (TPSA) is 122 Å². The van der Waals surface area contributed by atoms with E-state index in [0.29, 0.717) is 19.6 Å². The smallest absolute Gasteiger partial charge is 0.293 e. The normalized spacial score (nSPS) is 20.9. The van der Waals surface area contributed by atoms with Crippen LogP contribution in [0.3, 0.4) is 0 Å². The van der Waals surface area contributed by atoms with E-state index in [1.165, 1.54) is 23.4 Å². The Morgan fingerprint density at radius 1 is 1.26 bits per heavy atom. The zero-order valence-electron chi connectivity index (χ0n) is 15.8. The molecule has 1 heterocycles. The standard InChI is InChI=1S/C17H26N4O5S/c1-12-8-13(2)11-20(10-12)27(25,26)15-4-5-16(17(9-15)21(23)24)19-7-6-18-14(3)22/h4-5,9,12-13,19H,6-8,10-11H2,1-3H3,(H,18,22)/t12-,13-/m0/s1. The highest BCUT2D eigenvalue weighted by atomic mass is 32.2. The molecule has 2 rings (SSSR count). The number of benzene rings is 1. The molecule has 0 aliphatic carbocycles. The fourth-order valence-corrected chi connectivity index (χ4v) is 5.06. The molecule has 0 spiro atoms. The highest BCUT2D eigenvalue weighted by Gasteiger charge is 2.33. The lowest BCUT2D eigenvalue weighted by Crippen LogP contribution is -2.42. The molecule has 1 saturated heterocycles. The largest absolute Gasteiger partial charge is 0.378 e. The number of nitrogens with one attached hydrogen (secondary N) is 2. The van der Waals surface area contributed by atoms with E-state index in [4.69, 9.17) is 0 Å². The van der Waals surface area contributed by atoms with Gasteiger partial charge in [0.15, 0.2) is 0 Å². The molecule has 1 amide bonds. The summed E-state index contributed by atoms with van der Waals surface area (Å²) in [6.45, 7) is 6.80. The summed E-state index contributed by atoms with van der Waals surface area (Å²) < 4.78 is 27.3. The maximum atomic E-state index is 12.9. The minimum Gasteiger partial charge on any atom is -0.378 e. The van der Waals surface area contributed by atoms with Gasteiger partial charge in [-0.15, -0.1) is 0 Å². The number of piperidine rings is 1. The van der Waals surface area contributed by atoms with Crippen LogP contribution in [0.1, 0.15) is 27.2 Å². The summed E-state index contributed by atoms with van der Waals surface area (Å²) in [4.78, 5) is 21.6. The van der Waals surface area contributed by atoms with E-state index >= 15 is 0 Å². The van der Waals surface area contributed by atoms with Crippen molar-refractivity contribution in [1.82, 2.24) is 9.62 Å². The minimum absolute atomic E-state index is 0.0806. The van der Waals surface area contributed by atoms with Gasteiger partial charge in [-0.25, -0.2) is 8.42 Å². The van der Waals surface area contributed by atoms with Crippen LogP contribution in [0.25, 0.3) is 0 Å². The molecule has 2 atom stereocenters. The number of nitrogens with zero attached hydrogens (tertiary/aromatic N) is 2. The summed E-state index contributed by atoms with van der Waals surface area (Å²) in [7, 11) is -3.79. The number of anilines is 1. The predicted molar refractivity (Wildman–Crippen MR) is 102 cm³/mol. The van der Waals surface area contributed by atoms with Crippen molar-refractivity contribution >= 4 is 27.3 Å². The lowest BCUT2D eigenvalue weighted by Gasteiger charge is -2.34. The molecule has 10 heteroatoms. The van der Waals surface area contributed by atoms with Gasteiger partial charge in [-0.2, -0.15) is 4.31 Å². The first-order valence-electron chi connectivity index (χ1n) is 8.88. The van der Waals surface area contributed by atoms with E-state index < -0.39 is 14.9 Å². The van der Waals surface area contributed by atoms with Gasteiger partial charge in [-0.05, 0) is 30.4 Å². The zero-order chi connectivity index (χ0) is 20.2. The van der Waals surface area contributed by atoms with E-state index in [9.17, 15) is 23.3 Å². The molecule has 27 heavy (non-hydrogen) atoms. The van der Waals surface area contributed by atoms with E-state index in [2.05, 4.69) is 10.6 Å². The van der Waals surface area contributed by atoms with Crippen LogP contribution in [0.15, 0.2) is 23.1 Å². The number of hydrogen-bond donors (Lipinski definition) is 2. The van der Waals surface area contributed by atoms with Crippen molar-refractivity contribution < 1.29 is 18.1 Å². The van der Waals surface area contributed by atoms with Crippen LogP contribution in [0, 0.1) is 22.0 Å². The van der Waals surface area contributed by atoms with E-state index in [1.54, 1.807) is 0 Å². The second kappa shape index (κ2) is 8.66. The molecule has 0 saturated carbocycles. The number of nitro benzene ring substituents is 1. The summed E-state index contributed by atoms with van der Waals surface area (Å²) in [6.07, 6.45) is 0.962.